The van der Waals surface area contributed by atoms with Crippen molar-refractivity contribution in [3.63, 3.8) is 0 Å². The molecule has 0 saturated carbocycles. The van der Waals surface area contributed by atoms with E-state index < -0.39 is 0 Å². The van der Waals surface area contributed by atoms with E-state index in [2.05, 4.69) is 29.6 Å². The summed E-state index contributed by atoms with van der Waals surface area (Å²) in [5.41, 5.74) is 0. The van der Waals surface area contributed by atoms with E-state index in [4.69, 9.17) is 0 Å². The smallest absolute Gasteiger partial charge is 0.0165 e. The fraction of sp³-hybridized carbons (Fsp3) is 0.556. The number of nitrogens with one attached hydrogen (secondary N) is 1. The average molecular weight is 135 g/mol. The van der Waals surface area contributed by atoms with Crippen LogP contribution in [0, 0.1) is 5.92 Å². The molecule has 1 nitrogen and oxygen atoms in total. The summed E-state index contributed by atoms with van der Waals surface area (Å²) in [5.74, 6) is 0.683. The van der Waals surface area contributed by atoms with Gasteiger partial charge in [0.05, 0.1) is 0 Å². The summed E-state index contributed by atoms with van der Waals surface area (Å²) in [7, 11) is 0. The van der Waals surface area contributed by atoms with E-state index >= 15 is 0 Å². The van der Waals surface area contributed by atoms with Gasteiger partial charge in [0.1, 0.15) is 0 Å². The molecule has 1 N–H and O–H groups in total. The summed E-state index contributed by atoms with van der Waals surface area (Å²) in [6.45, 7) is 1.21. The van der Waals surface area contributed by atoms with Crippen molar-refractivity contribution in [3.8, 4) is 0 Å². The van der Waals surface area contributed by atoms with Crippen molar-refractivity contribution in [2.24, 2.45) is 5.92 Å². The van der Waals surface area contributed by atoms with E-state index in [1.807, 2.05) is 0 Å². The first-order valence-corrected chi connectivity index (χ1v) is 4.05. The van der Waals surface area contributed by atoms with Crippen molar-refractivity contribution in [1.82, 2.24) is 5.32 Å². The third-order valence-corrected chi connectivity index (χ3v) is 2.34. The highest BCUT2D eigenvalue weighted by Gasteiger charge is 2.20. The minimum absolute atomic E-state index is 0.683. The van der Waals surface area contributed by atoms with E-state index in [0.717, 1.165) is 6.04 Å². The van der Waals surface area contributed by atoms with Crippen molar-refractivity contribution in [2.75, 3.05) is 6.54 Å². The van der Waals surface area contributed by atoms with Crippen LogP contribution >= 0.6 is 0 Å². The Morgan fingerprint density at radius 1 is 1.20 bits per heavy atom. The fourth-order valence-electron chi connectivity index (χ4n) is 1.76. The number of hydrogen-bond donors (Lipinski definition) is 1. The highest BCUT2D eigenvalue weighted by Crippen LogP contribution is 2.20. The standard InChI is InChI=1S/C9H13N/c1-2-5-8(4-1)9-6-3-7-10-9/h1-2,4-5,8-10H,3,6-7H2/t9-/m1/s1. The van der Waals surface area contributed by atoms with Gasteiger partial charge in [0.2, 0.25) is 0 Å². The quantitative estimate of drug-likeness (QED) is 0.574. The van der Waals surface area contributed by atoms with Crippen LogP contribution in [0.3, 0.4) is 0 Å². The Morgan fingerprint density at radius 2 is 2.00 bits per heavy atom. The number of hydrogen-bond acceptors (Lipinski definition) is 1. The molecular formula is C9H13N. The lowest BCUT2D eigenvalue weighted by molar-refractivity contribution is 0.533. The van der Waals surface area contributed by atoms with E-state index in [0.29, 0.717) is 5.92 Å². The Labute approximate surface area is 61.8 Å². The lowest BCUT2D eigenvalue weighted by Gasteiger charge is -2.13. The molecule has 0 amide bonds. The zero-order valence-corrected chi connectivity index (χ0v) is 6.09. The zero-order valence-electron chi connectivity index (χ0n) is 6.09. The summed E-state index contributed by atoms with van der Waals surface area (Å²) >= 11 is 0. The van der Waals surface area contributed by atoms with Crippen LogP contribution < -0.4 is 5.32 Å². The van der Waals surface area contributed by atoms with Gasteiger partial charge >= 0.3 is 0 Å². The molecule has 0 aromatic heterocycles. The van der Waals surface area contributed by atoms with Crippen LogP contribution in [0.1, 0.15) is 12.8 Å². The average Bonchev–Trinajstić information content (AvgIpc) is 2.59. The monoisotopic (exact) mass is 135 g/mol. The SMILES string of the molecule is C1=CC([C@H]2CCCN2)C=C1. The second-order valence-electron chi connectivity index (χ2n) is 3.05. The summed E-state index contributed by atoms with van der Waals surface area (Å²) in [6.07, 6.45) is 11.5. The van der Waals surface area contributed by atoms with E-state index in [1.54, 1.807) is 0 Å². The van der Waals surface area contributed by atoms with Crippen LogP contribution in [0.4, 0.5) is 0 Å². The van der Waals surface area contributed by atoms with Crippen molar-refractivity contribution in [1.29, 1.82) is 0 Å². The van der Waals surface area contributed by atoms with Gasteiger partial charge in [0.15, 0.2) is 0 Å². The summed E-state index contributed by atoms with van der Waals surface area (Å²) < 4.78 is 0. The molecule has 54 valence electrons. The van der Waals surface area contributed by atoms with Gasteiger partial charge in [0.25, 0.3) is 0 Å². The first kappa shape index (κ1) is 6.17. The molecule has 1 saturated heterocycles. The Morgan fingerprint density at radius 3 is 2.60 bits per heavy atom. The molecule has 0 aromatic rings. The van der Waals surface area contributed by atoms with Gasteiger partial charge in [-0.25, -0.2) is 0 Å². The molecule has 0 spiro atoms. The third-order valence-electron chi connectivity index (χ3n) is 2.34. The molecule has 0 unspecified atom stereocenters. The minimum Gasteiger partial charge on any atom is -0.313 e. The van der Waals surface area contributed by atoms with Crippen molar-refractivity contribution >= 4 is 0 Å². The Bertz CT molecular complexity index is 152. The molecule has 2 aliphatic rings. The molecule has 0 bridgehead atoms. The fourth-order valence-corrected chi connectivity index (χ4v) is 1.76. The zero-order chi connectivity index (χ0) is 6.81. The molecule has 1 atom stereocenters. The van der Waals surface area contributed by atoms with Crippen LogP contribution in [0.2, 0.25) is 0 Å². The molecule has 1 aliphatic carbocycles. The van der Waals surface area contributed by atoms with Crippen LogP contribution in [-0.4, -0.2) is 12.6 Å². The van der Waals surface area contributed by atoms with Crippen LogP contribution in [-0.2, 0) is 0 Å². The molecule has 1 heterocycles. The van der Waals surface area contributed by atoms with Gasteiger partial charge in [-0.2, -0.15) is 0 Å². The predicted octanol–water partition coefficient (Wildman–Crippen LogP) is 1.48. The first-order valence-electron chi connectivity index (χ1n) is 4.05. The van der Waals surface area contributed by atoms with Gasteiger partial charge < -0.3 is 5.32 Å². The lowest BCUT2D eigenvalue weighted by atomic mass is 10.0. The Hall–Kier alpha value is -0.560. The van der Waals surface area contributed by atoms with Crippen molar-refractivity contribution in [3.05, 3.63) is 24.3 Å². The molecular weight excluding hydrogens is 122 g/mol. The van der Waals surface area contributed by atoms with Crippen molar-refractivity contribution in [2.45, 2.75) is 18.9 Å². The molecule has 1 aliphatic heterocycles. The maximum Gasteiger partial charge on any atom is 0.0165 e. The molecule has 0 radical (unpaired) electrons. The van der Waals surface area contributed by atoms with E-state index in [1.165, 1.54) is 19.4 Å². The van der Waals surface area contributed by atoms with Gasteiger partial charge in [-0.15, -0.1) is 0 Å². The van der Waals surface area contributed by atoms with Crippen LogP contribution in [0.5, 0.6) is 0 Å². The Kier molecular flexibility index (Phi) is 1.60. The van der Waals surface area contributed by atoms with Crippen molar-refractivity contribution < 1.29 is 0 Å². The summed E-state index contributed by atoms with van der Waals surface area (Å²) in [6, 6.07) is 0.731. The maximum absolute atomic E-state index is 3.50. The molecule has 1 fully saturated rings. The topological polar surface area (TPSA) is 12.0 Å². The van der Waals surface area contributed by atoms with Crippen LogP contribution in [0.15, 0.2) is 24.3 Å². The second kappa shape index (κ2) is 2.59. The molecule has 0 aromatic carbocycles. The highest BCUT2D eigenvalue weighted by molar-refractivity contribution is 5.20. The molecule has 2 rings (SSSR count). The normalized spacial score (nSPS) is 32.2. The number of allylic oxidation sites excluding steroid dienone is 2. The van der Waals surface area contributed by atoms with Gasteiger partial charge in [-0.05, 0) is 19.4 Å². The van der Waals surface area contributed by atoms with Gasteiger partial charge in [0, 0.05) is 12.0 Å². The summed E-state index contributed by atoms with van der Waals surface area (Å²) in [5, 5.41) is 3.50. The minimum atomic E-state index is 0.683. The second-order valence-corrected chi connectivity index (χ2v) is 3.05. The van der Waals surface area contributed by atoms with E-state index in [-0.39, 0.29) is 0 Å². The predicted molar refractivity (Wildman–Crippen MR) is 42.8 cm³/mol. The third kappa shape index (κ3) is 1.01. The lowest BCUT2D eigenvalue weighted by Crippen LogP contribution is -2.27. The van der Waals surface area contributed by atoms with Crippen LogP contribution in [0.25, 0.3) is 0 Å². The number of rotatable bonds is 1. The maximum atomic E-state index is 3.50. The van der Waals surface area contributed by atoms with Gasteiger partial charge in [-0.1, -0.05) is 24.3 Å². The highest BCUT2D eigenvalue weighted by atomic mass is 14.9. The molecule has 10 heavy (non-hydrogen) atoms. The largest absolute Gasteiger partial charge is 0.313 e. The summed E-state index contributed by atoms with van der Waals surface area (Å²) in [4.78, 5) is 0. The first-order chi connectivity index (χ1) is 4.97. The Balaban J connectivity index is 1.98. The van der Waals surface area contributed by atoms with Gasteiger partial charge in [-0.3, -0.25) is 0 Å². The van der Waals surface area contributed by atoms with E-state index in [9.17, 15) is 0 Å². The molecule has 1 heteroatoms.